The highest BCUT2D eigenvalue weighted by molar-refractivity contribution is 7.66. The van der Waals surface area contributed by atoms with Crippen molar-refractivity contribution in [2.75, 3.05) is 7.05 Å². The molecule has 0 bridgehead atoms. The molecule has 5 heteroatoms. The Balaban J connectivity index is 3.31. The Labute approximate surface area is 59.0 Å². The summed E-state index contributed by atoms with van der Waals surface area (Å²) in [6.07, 6.45) is 0. The second-order valence-corrected chi connectivity index (χ2v) is 3.26. The Morgan fingerprint density at radius 2 is 2.50 bits per heavy atom. The molecule has 2 nitrogen and oxygen atoms in total. The van der Waals surface area contributed by atoms with Gasteiger partial charge in [-0.1, -0.05) is 11.6 Å². The molecule has 44 valence electrons. The third-order valence-electron chi connectivity index (χ3n) is 0.613. The van der Waals surface area contributed by atoms with Crippen molar-refractivity contribution in [1.29, 1.82) is 0 Å². The van der Waals surface area contributed by atoms with E-state index in [4.69, 9.17) is 11.6 Å². The molecule has 8 heavy (non-hydrogen) atoms. The van der Waals surface area contributed by atoms with Crippen LogP contribution in [0.4, 0.5) is 0 Å². The van der Waals surface area contributed by atoms with Gasteiger partial charge in [-0.25, -0.2) is 0 Å². The lowest BCUT2D eigenvalue weighted by Crippen LogP contribution is -1.91. The minimum Gasteiger partial charge on any atom is -0.274 e. The molecular formula is C3H3ClN2S2. The molecule has 0 saturated heterocycles. The maximum absolute atomic E-state index is 5.56. The number of rotatable bonds is 0. The lowest BCUT2D eigenvalue weighted by molar-refractivity contribution is 1.31. The first-order valence-electron chi connectivity index (χ1n) is 1.89. The van der Waals surface area contributed by atoms with Gasteiger partial charge in [0, 0.05) is 17.6 Å². The largest absolute Gasteiger partial charge is 0.274 e. The van der Waals surface area contributed by atoms with Crippen molar-refractivity contribution in [3.05, 3.63) is 9.82 Å². The van der Waals surface area contributed by atoms with Gasteiger partial charge < -0.3 is 0 Å². The zero-order valence-electron chi connectivity index (χ0n) is 4.09. The monoisotopic (exact) mass is 166 g/mol. The van der Waals surface area contributed by atoms with E-state index in [0.717, 1.165) is 4.67 Å². The Hall–Kier alpha value is 0.0700. The summed E-state index contributed by atoms with van der Waals surface area (Å²) >= 11 is 5.56. The van der Waals surface area contributed by atoms with Crippen molar-refractivity contribution in [2.24, 2.45) is 4.99 Å². The van der Waals surface area contributed by atoms with Crippen molar-refractivity contribution in [3.63, 3.8) is 0 Å². The molecular weight excluding hydrogens is 164 g/mol. The SMILES string of the molecule is CN=c1ssnc1Cl. The van der Waals surface area contributed by atoms with Gasteiger partial charge in [-0.3, -0.25) is 4.99 Å². The Kier molecular flexibility index (Phi) is 1.99. The fourth-order valence-corrected chi connectivity index (χ4v) is 2.37. The highest BCUT2D eigenvalue weighted by Gasteiger charge is 1.91. The zero-order chi connectivity index (χ0) is 5.98. The molecule has 0 unspecified atom stereocenters. The zero-order valence-corrected chi connectivity index (χ0v) is 6.48. The van der Waals surface area contributed by atoms with Crippen LogP contribution in [0.1, 0.15) is 0 Å². The Morgan fingerprint density at radius 3 is 2.75 bits per heavy atom. The van der Waals surface area contributed by atoms with Crippen molar-refractivity contribution in [3.8, 4) is 0 Å². The first-order chi connectivity index (χ1) is 3.84. The Morgan fingerprint density at radius 1 is 1.75 bits per heavy atom. The Bertz CT molecular complexity index is 225. The molecule has 0 spiro atoms. The van der Waals surface area contributed by atoms with Crippen LogP contribution in [0.15, 0.2) is 4.99 Å². The highest BCUT2D eigenvalue weighted by Crippen LogP contribution is 2.03. The summed E-state index contributed by atoms with van der Waals surface area (Å²) < 4.78 is 4.64. The minimum absolute atomic E-state index is 0.516. The minimum atomic E-state index is 0.516. The van der Waals surface area contributed by atoms with Gasteiger partial charge in [0.15, 0.2) is 9.82 Å². The highest BCUT2D eigenvalue weighted by atomic mass is 35.5. The van der Waals surface area contributed by atoms with Gasteiger partial charge in [0.05, 0.1) is 0 Å². The molecule has 0 aliphatic heterocycles. The van der Waals surface area contributed by atoms with E-state index in [0.29, 0.717) is 5.15 Å². The second kappa shape index (κ2) is 2.57. The molecule has 0 aliphatic rings. The molecule has 1 heterocycles. The second-order valence-electron chi connectivity index (χ2n) is 1.07. The third-order valence-corrected chi connectivity index (χ3v) is 2.88. The maximum atomic E-state index is 5.56. The normalized spacial score (nSPS) is 12.5. The molecule has 0 N–H and O–H groups in total. The molecule has 1 aromatic rings. The lowest BCUT2D eigenvalue weighted by atomic mass is 10.9. The van der Waals surface area contributed by atoms with Crippen molar-refractivity contribution in [1.82, 2.24) is 4.37 Å². The molecule has 0 fully saturated rings. The number of hydrogen-bond donors (Lipinski definition) is 0. The van der Waals surface area contributed by atoms with Crippen LogP contribution in [0.5, 0.6) is 0 Å². The van der Waals surface area contributed by atoms with Crippen LogP contribution < -0.4 is 4.67 Å². The van der Waals surface area contributed by atoms with Crippen LogP contribution in [-0.4, -0.2) is 11.4 Å². The topological polar surface area (TPSA) is 25.2 Å². The van der Waals surface area contributed by atoms with Gasteiger partial charge in [-0.2, -0.15) is 4.37 Å². The molecule has 1 aromatic heterocycles. The van der Waals surface area contributed by atoms with Gasteiger partial charge >= 0.3 is 0 Å². The van der Waals surface area contributed by atoms with Crippen LogP contribution in [-0.2, 0) is 0 Å². The molecule has 0 radical (unpaired) electrons. The first kappa shape index (κ1) is 6.19. The summed E-state index contributed by atoms with van der Waals surface area (Å²) in [5, 5.41) is 0.516. The average molecular weight is 167 g/mol. The summed E-state index contributed by atoms with van der Waals surface area (Å²) in [7, 11) is 4.54. The van der Waals surface area contributed by atoms with Gasteiger partial charge in [0.2, 0.25) is 0 Å². The van der Waals surface area contributed by atoms with Crippen LogP contribution >= 0.6 is 32.5 Å². The van der Waals surface area contributed by atoms with Crippen LogP contribution in [0.3, 0.4) is 0 Å². The van der Waals surface area contributed by atoms with Gasteiger partial charge in [-0.15, -0.1) is 0 Å². The molecule has 0 aliphatic carbocycles. The van der Waals surface area contributed by atoms with E-state index in [1.807, 2.05) is 0 Å². The number of aromatic nitrogens is 1. The summed E-state index contributed by atoms with van der Waals surface area (Å²) in [6.45, 7) is 0. The number of nitrogens with zero attached hydrogens (tertiary/aromatic N) is 2. The summed E-state index contributed by atoms with van der Waals surface area (Å²) in [6, 6.07) is 0. The van der Waals surface area contributed by atoms with E-state index < -0.39 is 0 Å². The average Bonchev–Trinajstić information content (AvgIpc) is 2.14. The predicted molar refractivity (Wildman–Crippen MR) is 36.5 cm³/mol. The van der Waals surface area contributed by atoms with Crippen molar-refractivity contribution in [2.45, 2.75) is 0 Å². The predicted octanol–water partition coefficient (Wildman–Crippen LogP) is 1.39. The smallest absolute Gasteiger partial charge is 0.179 e. The molecule has 0 atom stereocenters. The van der Waals surface area contributed by atoms with Crippen LogP contribution in [0.2, 0.25) is 5.15 Å². The lowest BCUT2D eigenvalue weighted by Gasteiger charge is -1.68. The quantitative estimate of drug-likeness (QED) is 0.535. The van der Waals surface area contributed by atoms with E-state index in [1.54, 1.807) is 7.05 Å². The summed E-state index contributed by atoms with van der Waals surface area (Å²) in [5.41, 5.74) is 0. The third kappa shape index (κ3) is 1.07. The molecule has 0 saturated carbocycles. The van der Waals surface area contributed by atoms with E-state index in [1.165, 1.54) is 20.9 Å². The van der Waals surface area contributed by atoms with E-state index in [9.17, 15) is 0 Å². The van der Waals surface area contributed by atoms with E-state index >= 15 is 0 Å². The maximum Gasteiger partial charge on any atom is 0.179 e. The fourth-order valence-electron chi connectivity index (χ4n) is 0.290. The van der Waals surface area contributed by atoms with Gasteiger partial charge in [0.1, 0.15) is 0 Å². The van der Waals surface area contributed by atoms with Gasteiger partial charge in [-0.05, 0) is 10.3 Å². The van der Waals surface area contributed by atoms with Crippen molar-refractivity contribution >= 4 is 32.5 Å². The molecule has 0 amide bonds. The number of halogens is 1. The van der Waals surface area contributed by atoms with Gasteiger partial charge in [0.25, 0.3) is 0 Å². The summed E-state index contributed by atoms with van der Waals surface area (Å²) in [4.78, 5) is 3.86. The standard InChI is InChI=1S/C3H3ClN2S2/c1-5-3-2(4)6-8-7-3/h1H3. The van der Waals surface area contributed by atoms with E-state index in [2.05, 4.69) is 9.37 Å². The molecule has 1 rings (SSSR count). The van der Waals surface area contributed by atoms with E-state index in [-0.39, 0.29) is 0 Å². The number of hydrogen-bond acceptors (Lipinski definition) is 4. The van der Waals surface area contributed by atoms with Crippen LogP contribution in [0, 0.1) is 0 Å². The summed E-state index contributed by atoms with van der Waals surface area (Å²) in [5.74, 6) is 0. The first-order valence-corrected chi connectivity index (χ1v) is 4.37. The molecule has 0 aromatic carbocycles. The fraction of sp³-hybridized carbons (Fsp3) is 0.333. The van der Waals surface area contributed by atoms with Crippen LogP contribution in [0.25, 0.3) is 0 Å². The van der Waals surface area contributed by atoms with Crippen molar-refractivity contribution < 1.29 is 0 Å².